The summed E-state index contributed by atoms with van der Waals surface area (Å²) >= 11 is 18.1. The summed E-state index contributed by atoms with van der Waals surface area (Å²) in [7, 11) is 0. The van der Waals surface area contributed by atoms with E-state index in [1.54, 1.807) is 6.07 Å². The van der Waals surface area contributed by atoms with Crippen LogP contribution in [0.2, 0.25) is 0 Å². The predicted octanol–water partition coefficient (Wildman–Crippen LogP) is 5.68. The van der Waals surface area contributed by atoms with Gasteiger partial charge in [-0.15, -0.1) is 11.3 Å². The first-order valence-electron chi connectivity index (χ1n) is 8.04. The van der Waals surface area contributed by atoms with Crippen LogP contribution in [0, 0.1) is 0 Å². The molecule has 1 amide bonds. The first-order valence-corrected chi connectivity index (χ1v) is 9.99. The average Bonchev–Trinajstić information content (AvgIpc) is 3.03. The van der Waals surface area contributed by atoms with Gasteiger partial charge in [0.15, 0.2) is 5.78 Å². The Kier molecular flexibility index (Phi) is 7.11. The lowest BCUT2D eigenvalue weighted by atomic mass is 9.86. The summed E-state index contributed by atoms with van der Waals surface area (Å²) in [6.07, 6.45) is 0. The number of carbonyl (C=O) groups excluding carboxylic acids is 2. The number of ketones is 1. The first-order chi connectivity index (χ1) is 12.5. The monoisotopic (exact) mass is 444 g/mol. The maximum absolute atomic E-state index is 12.2. The number of hydrogen-bond acceptors (Lipinski definition) is 4. The number of hydrogen-bond donors (Lipinski definition) is 2. The fraction of sp³-hybridized carbons (Fsp3) is 0.263. The number of Topliss-reactive ketones (excluding diaryl/α,β-unsaturated/α-hetero) is 1. The van der Waals surface area contributed by atoms with Gasteiger partial charge in [0.05, 0.1) is 17.1 Å². The molecule has 2 rings (SSSR count). The zero-order valence-corrected chi connectivity index (χ0v) is 18.1. The largest absolute Gasteiger partial charge is 0.324 e. The van der Waals surface area contributed by atoms with Crippen LogP contribution in [0.1, 0.15) is 36.0 Å². The van der Waals surface area contributed by atoms with E-state index in [-0.39, 0.29) is 27.3 Å². The van der Waals surface area contributed by atoms with Crippen molar-refractivity contribution in [2.24, 2.45) is 5.73 Å². The standard InChI is InChI=1S/C19H19Cl3N2O2S/c1-19(2,3)11-6-4-10(5-7-11)14-8-12(16(27-14)13(25)9-23)24-18(26)15(20)17(21)22/h4-8H,9,23H2,1-3H3,(H,24,26). The van der Waals surface area contributed by atoms with Crippen LogP contribution >= 0.6 is 46.1 Å². The van der Waals surface area contributed by atoms with Crippen molar-refractivity contribution in [3.63, 3.8) is 0 Å². The van der Waals surface area contributed by atoms with Gasteiger partial charge in [-0.3, -0.25) is 9.59 Å². The quantitative estimate of drug-likeness (QED) is 0.459. The normalized spacial score (nSPS) is 11.2. The molecular weight excluding hydrogens is 427 g/mol. The molecule has 0 aliphatic rings. The first kappa shape index (κ1) is 21.9. The zero-order chi connectivity index (χ0) is 20.4. The number of nitrogens with one attached hydrogen (secondary N) is 1. The molecule has 2 aromatic rings. The smallest absolute Gasteiger partial charge is 0.269 e. The fourth-order valence-electron chi connectivity index (χ4n) is 2.32. The molecular formula is C19H19Cl3N2O2S. The van der Waals surface area contributed by atoms with Gasteiger partial charge < -0.3 is 11.1 Å². The van der Waals surface area contributed by atoms with Crippen molar-refractivity contribution in [3.05, 3.63) is 50.3 Å². The van der Waals surface area contributed by atoms with Crippen molar-refractivity contribution in [2.45, 2.75) is 26.2 Å². The lowest BCUT2D eigenvalue weighted by molar-refractivity contribution is -0.112. The van der Waals surface area contributed by atoms with Gasteiger partial charge in [-0.2, -0.15) is 0 Å². The van der Waals surface area contributed by atoms with Crippen molar-refractivity contribution in [1.82, 2.24) is 0 Å². The summed E-state index contributed by atoms with van der Waals surface area (Å²) in [6.45, 7) is 6.24. The minimum absolute atomic E-state index is 0.0394. The van der Waals surface area contributed by atoms with Crippen LogP contribution in [0.25, 0.3) is 10.4 Å². The van der Waals surface area contributed by atoms with E-state index in [1.165, 1.54) is 16.9 Å². The number of benzene rings is 1. The van der Waals surface area contributed by atoms with E-state index < -0.39 is 5.91 Å². The van der Waals surface area contributed by atoms with Crippen LogP contribution in [0.4, 0.5) is 5.69 Å². The molecule has 3 N–H and O–H groups in total. The summed E-state index contributed by atoms with van der Waals surface area (Å²) in [5.74, 6) is -0.986. The van der Waals surface area contributed by atoms with E-state index >= 15 is 0 Å². The molecule has 144 valence electrons. The topological polar surface area (TPSA) is 72.2 Å². The highest BCUT2D eigenvalue weighted by molar-refractivity contribution is 7.18. The molecule has 0 saturated heterocycles. The molecule has 0 bridgehead atoms. The van der Waals surface area contributed by atoms with Gasteiger partial charge in [-0.1, -0.05) is 79.8 Å². The van der Waals surface area contributed by atoms with Crippen LogP contribution in [0.15, 0.2) is 39.9 Å². The Hall–Kier alpha value is -1.37. The van der Waals surface area contributed by atoms with E-state index in [1.807, 2.05) is 24.3 Å². The Labute approximate surface area is 177 Å². The number of rotatable bonds is 5. The van der Waals surface area contributed by atoms with Crippen LogP contribution in [0.3, 0.4) is 0 Å². The zero-order valence-electron chi connectivity index (χ0n) is 15.0. The molecule has 1 aromatic carbocycles. The van der Waals surface area contributed by atoms with Crippen LogP contribution in [0.5, 0.6) is 0 Å². The van der Waals surface area contributed by atoms with Gasteiger partial charge >= 0.3 is 0 Å². The van der Waals surface area contributed by atoms with Gasteiger partial charge in [0.2, 0.25) is 0 Å². The Morgan fingerprint density at radius 3 is 2.19 bits per heavy atom. The van der Waals surface area contributed by atoms with E-state index in [4.69, 9.17) is 40.5 Å². The van der Waals surface area contributed by atoms with Crippen molar-refractivity contribution < 1.29 is 9.59 Å². The number of nitrogens with two attached hydrogens (primary N) is 1. The molecule has 0 aliphatic carbocycles. The fourth-order valence-corrected chi connectivity index (χ4v) is 3.61. The second-order valence-corrected chi connectivity index (χ2v) is 9.22. The van der Waals surface area contributed by atoms with Crippen molar-refractivity contribution >= 4 is 63.5 Å². The molecule has 0 unspecified atom stereocenters. The summed E-state index contributed by atoms with van der Waals surface area (Å²) in [5, 5.41) is 2.21. The third-order valence-corrected chi connectivity index (χ3v) is 5.98. The maximum Gasteiger partial charge on any atom is 0.269 e. The highest BCUT2D eigenvalue weighted by atomic mass is 35.5. The molecule has 0 radical (unpaired) electrons. The van der Waals surface area contributed by atoms with E-state index in [0.717, 1.165) is 10.4 Å². The van der Waals surface area contributed by atoms with Gasteiger partial charge in [0, 0.05) is 4.88 Å². The maximum atomic E-state index is 12.2. The Morgan fingerprint density at radius 1 is 1.11 bits per heavy atom. The Balaban J connectivity index is 2.42. The minimum Gasteiger partial charge on any atom is -0.324 e. The second kappa shape index (κ2) is 8.76. The predicted molar refractivity (Wildman–Crippen MR) is 115 cm³/mol. The third-order valence-electron chi connectivity index (χ3n) is 3.82. The van der Waals surface area contributed by atoms with Gasteiger partial charge in [-0.25, -0.2) is 0 Å². The summed E-state index contributed by atoms with van der Waals surface area (Å²) in [5.41, 5.74) is 7.98. The number of amides is 1. The summed E-state index contributed by atoms with van der Waals surface area (Å²) in [4.78, 5) is 25.5. The molecule has 8 heteroatoms. The third kappa shape index (κ3) is 5.33. The number of halogens is 3. The number of thiophene rings is 1. The summed E-state index contributed by atoms with van der Waals surface area (Å²) in [6, 6.07) is 9.77. The number of anilines is 1. The van der Waals surface area contributed by atoms with Crippen molar-refractivity contribution in [2.75, 3.05) is 11.9 Å². The summed E-state index contributed by atoms with van der Waals surface area (Å²) < 4.78 is -0.353. The van der Waals surface area contributed by atoms with E-state index in [0.29, 0.717) is 10.6 Å². The van der Waals surface area contributed by atoms with E-state index in [9.17, 15) is 9.59 Å². The van der Waals surface area contributed by atoms with Gasteiger partial charge in [0.25, 0.3) is 5.91 Å². The highest BCUT2D eigenvalue weighted by Gasteiger charge is 2.20. The molecule has 0 aliphatic heterocycles. The van der Waals surface area contributed by atoms with Crippen molar-refractivity contribution in [1.29, 1.82) is 0 Å². The average molecular weight is 446 g/mol. The molecule has 0 spiro atoms. The molecule has 1 aromatic heterocycles. The Bertz CT molecular complexity index is 893. The molecule has 0 saturated carbocycles. The SMILES string of the molecule is CC(C)(C)c1ccc(-c2cc(NC(=O)C(Cl)=C(Cl)Cl)c(C(=O)CN)s2)cc1. The van der Waals surface area contributed by atoms with Crippen LogP contribution in [-0.4, -0.2) is 18.2 Å². The lowest BCUT2D eigenvalue weighted by Crippen LogP contribution is -2.17. The molecule has 0 fully saturated rings. The molecule has 0 atom stereocenters. The van der Waals surface area contributed by atoms with Gasteiger partial charge in [0.1, 0.15) is 9.52 Å². The van der Waals surface area contributed by atoms with Crippen LogP contribution < -0.4 is 11.1 Å². The highest BCUT2D eigenvalue weighted by Crippen LogP contribution is 2.36. The molecule has 4 nitrogen and oxygen atoms in total. The van der Waals surface area contributed by atoms with Gasteiger partial charge in [-0.05, 0) is 22.6 Å². The van der Waals surface area contributed by atoms with Crippen LogP contribution in [-0.2, 0) is 10.2 Å². The van der Waals surface area contributed by atoms with E-state index in [2.05, 4.69) is 26.1 Å². The minimum atomic E-state index is -0.699. The lowest BCUT2D eigenvalue weighted by Gasteiger charge is -2.18. The van der Waals surface area contributed by atoms with Crippen molar-refractivity contribution in [3.8, 4) is 10.4 Å². The Morgan fingerprint density at radius 2 is 1.70 bits per heavy atom. The molecule has 1 heterocycles. The second-order valence-electron chi connectivity index (χ2n) is 6.84. The number of carbonyl (C=O) groups is 2. The molecule has 27 heavy (non-hydrogen) atoms.